The fourth-order valence-electron chi connectivity index (χ4n) is 1.50. The molecule has 0 aliphatic heterocycles. The number of hydrogen-bond acceptors (Lipinski definition) is 2. The van der Waals surface area contributed by atoms with Gasteiger partial charge in [-0.15, -0.1) is 0 Å². The van der Waals surface area contributed by atoms with Crippen LogP contribution in [0.5, 0.6) is 0 Å². The van der Waals surface area contributed by atoms with Gasteiger partial charge in [0.05, 0.1) is 12.2 Å². The first-order valence-electron chi connectivity index (χ1n) is 3.79. The van der Waals surface area contributed by atoms with Crippen LogP contribution in [-0.4, -0.2) is 24.4 Å². The van der Waals surface area contributed by atoms with Gasteiger partial charge in [0.1, 0.15) is 0 Å². The zero-order chi connectivity index (χ0) is 7.56. The minimum atomic E-state index is -0.251. The van der Waals surface area contributed by atoms with Crippen molar-refractivity contribution in [1.29, 1.82) is 0 Å². The summed E-state index contributed by atoms with van der Waals surface area (Å²) in [6, 6.07) is 0. The molecular weight excluding hydrogens is 128 g/mol. The normalized spacial score (nSPS) is 41.7. The Morgan fingerprint density at radius 2 is 2.20 bits per heavy atom. The third kappa shape index (κ3) is 1.50. The van der Waals surface area contributed by atoms with Gasteiger partial charge in [0.2, 0.25) is 0 Å². The average molecular weight is 143 g/mol. The van der Waals surface area contributed by atoms with Gasteiger partial charge < -0.3 is 9.84 Å². The van der Waals surface area contributed by atoms with Crippen LogP contribution in [0.25, 0.3) is 0 Å². The maximum Gasteiger partial charge on any atom is 0.0624 e. The highest BCUT2D eigenvalue weighted by Gasteiger charge is 2.27. The molecule has 0 amide bonds. The zero-order valence-electron chi connectivity index (χ0n) is 6.42. The first kappa shape index (κ1) is 8.02. The average Bonchev–Trinajstić information content (AvgIpc) is 1.95. The van der Waals surface area contributed by atoms with Crippen LogP contribution in [0.2, 0.25) is 0 Å². The largest absolute Gasteiger partial charge is 0.393 e. The first-order valence-corrected chi connectivity index (χ1v) is 3.79. The van der Waals surface area contributed by atoms with Crippen LogP contribution in [0.15, 0.2) is 0 Å². The molecule has 0 aromatic rings. The second kappa shape index (κ2) is 3.35. The van der Waals surface area contributed by atoms with Crippen molar-refractivity contribution in [1.82, 2.24) is 0 Å². The molecule has 10 heavy (non-hydrogen) atoms. The lowest BCUT2D eigenvalue weighted by molar-refractivity contribution is -0.0266. The van der Waals surface area contributed by atoms with Gasteiger partial charge in [-0.2, -0.15) is 0 Å². The van der Waals surface area contributed by atoms with E-state index in [1.807, 2.05) is 0 Å². The highest BCUT2D eigenvalue weighted by molar-refractivity contribution is 4.83. The van der Waals surface area contributed by atoms with Gasteiger partial charge >= 0.3 is 0 Å². The van der Waals surface area contributed by atoms with Crippen LogP contribution in [0.3, 0.4) is 0 Å². The van der Waals surface area contributed by atoms with Gasteiger partial charge in [-0.25, -0.2) is 0 Å². The van der Waals surface area contributed by atoms with Gasteiger partial charge in [-0.1, -0.05) is 0 Å². The SMILES string of the molecule is [CH2][C@H]1[C@H](O)CCC[C@H]1OC. The summed E-state index contributed by atoms with van der Waals surface area (Å²) in [7, 11) is 1.68. The summed E-state index contributed by atoms with van der Waals surface area (Å²) in [5.41, 5.74) is 0. The number of aliphatic hydroxyl groups excluding tert-OH is 1. The zero-order valence-corrected chi connectivity index (χ0v) is 6.42. The lowest BCUT2D eigenvalue weighted by atomic mass is 9.85. The van der Waals surface area contributed by atoms with E-state index >= 15 is 0 Å². The van der Waals surface area contributed by atoms with Crippen molar-refractivity contribution < 1.29 is 9.84 Å². The Bertz CT molecular complexity index is 103. The number of hydrogen-bond donors (Lipinski definition) is 1. The highest BCUT2D eigenvalue weighted by Crippen LogP contribution is 2.25. The quantitative estimate of drug-likeness (QED) is 0.593. The Kier molecular flexibility index (Phi) is 2.69. The van der Waals surface area contributed by atoms with Crippen LogP contribution in [0, 0.1) is 12.8 Å². The van der Waals surface area contributed by atoms with Gasteiger partial charge in [0.25, 0.3) is 0 Å². The smallest absolute Gasteiger partial charge is 0.0624 e. The molecule has 1 aliphatic rings. The van der Waals surface area contributed by atoms with Crippen molar-refractivity contribution in [3.05, 3.63) is 6.92 Å². The second-order valence-corrected chi connectivity index (χ2v) is 2.94. The number of aliphatic hydroxyl groups is 1. The number of rotatable bonds is 1. The first-order chi connectivity index (χ1) is 4.75. The van der Waals surface area contributed by atoms with Crippen molar-refractivity contribution in [3.63, 3.8) is 0 Å². The van der Waals surface area contributed by atoms with E-state index in [0.29, 0.717) is 0 Å². The monoisotopic (exact) mass is 143 g/mol. The molecule has 1 aliphatic carbocycles. The molecule has 1 N–H and O–H groups in total. The molecule has 0 heterocycles. The summed E-state index contributed by atoms with van der Waals surface area (Å²) in [5.74, 6) is 0.0683. The summed E-state index contributed by atoms with van der Waals surface area (Å²) in [6.07, 6.45) is 2.91. The van der Waals surface area contributed by atoms with Crippen molar-refractivity contribution in [2.24, 2.45) is 5.92 Å². The fraction of sp³-hybridized carbons (Fsp3) is 0.875. The van der Waals surface area contributed by atoms with E-state index in [9.17, 15) is 5.11 Å². The number of ether oxygens (including phenoxy) is 1. The Balaban J connectivity index is 2.42. The fourth-order valence-corrected chi connectivity index (χ4v) is 1.50. The molecule has 59 valence electrons. The third-order valence-electron chi connectivity index (χ3n) is 2.26. The molecular formula is C8H15O2. The molecule has 1 fully saturated rings. The molecule has 1 radical (unpaired) electrons. The van der Waals surface area contributed by atoms with E-state index in [1.165, 1.54) is 0 Å². The van der Waals surface area contributed by atoms with Gasteiger partial charge in [-0.3, -0.25) is 0 Å². The van der Waals surface area contributed by atoms with E-state index in [4.69, 9.17) is 4.74 Å². The molecule has 0 aromatic heterocycles. The minimum Gasteiger partial charge on any atom is -0.393 e. The van der Waals surface area contributed by atoms with Gasteiger partial charge in [-0.05, 0) is 26.2 Å². The maximum absolute atomic E-state index is 9.34. The summed E-state index contributed by atoms with van der Waals surface area (Å²) in [5, 5.41) is 9.34. The Hall–Kier alpha value is -0.0800. The molecule has 0 saturated heterocycles. The molecule has 0 bridgehead atoms. The minimum absolute atomic E-state index is 0.0683. The molecule has 3 atom stereocenters. The Morgan fingerprint density at radius 1 is 1.50 bits per heavy atom. The van der Waals surface area contributed by atoms with E-state index in [1.54, 1.807) is 7.11 Å². The molecule has 1 rings (SSSR count). The van der Waals surface area contributed by atoms with E-state index in [2.05, 4.69) is 6.92 Å². The van der Waals surface area contributed by atoms with E-state index < -0.39 is 0 Å². The summed E-state index contributed by atoms with van der Waals surface area (Å²) >= 11 is 0. The van der Waals surface area contributed by atoms with Crippen LogP contribution in [0.1, 0.15) is 19.3 Å². The highest BCUT2D eigenvalue weighted by atomic mass is 16.5. The second-order valence-electron chi connectivity index (χ2n) is 2.94. The lowest BCUT2D eigenvalue weighted by Crippen LogP contribution is -2.35. The van der Waals surface area contributed by atoms with Crippen molar-refractivity contribution in [2.75, 3.05) is 7.11 Å². The van der Waals surface area contributed by atoms with Gasteiger partial charge in [0.15, 0.2) is 0 Å². The van der Waals surface area contributed by atoms with Crippen molar-refractivity contribution >= 4 is 0 Å². The Morgan fingerprint density at radius 3 is 2.70 bits per heavy atom. The molecule has 2 nitrogen and oxygen atoms in total. The Labute approximate surface area is 62.2 Å². The standard InChI is InChI=1S/C8H15O2/c1-6-7(9)4-3-5-8(6)10-2/h6-9H,1,3-5H2,2H3/t6-,7+,8+/m0/s1. The number of methoxy groups -OCH3 is 1. The van der Waals surface area contributed by atoms with Crippen LogP contribution in [-0.2, 0) is 4.74 Å². The summed E-state index contributed by atoms with van der Waals surface area (Å²) < 4.78 is 5.15. The van der Waals surface area contributed by atoms with E-state index in [-0.39, 0.29) is 18.1 Å². The molecule has 1 saturated carbocycles. The van der Waals surface area contributed by atoms with Gasteiger partial charge in [0, 0.05) is 13.0 Å². The van der Waals surface area contributed by atoms with Crippen molar-refractivity contribution in [3.8, 4) is 0 Å². The predicted octanol–water partition coefficient (Wildman–Crippen LogP) is 0.996. The van der Waals surface area contributed by atoms with Crippen molar-refractivity contribution in [2.45, 2.75) is 31.5 Å². The molecule has 0 spiro atoms. The third-order valence-corrected chi connectivity index (χ3v) is 2.26. The van der Waals surface area contributed by atoms with Crippen LogP contribution in [0.4, 0.5) is 0 Å². The molecule has 2 heteroatoms. The molecule has 0 aromatic carbocycles. The summed E-state index contributed by atoms with van der Waals surface area (Å²) in [6.45, 7) is 3.86. The predicted molar refractivity (Wildman–Crippen MR) is 39.5 cm³/mol. The maximum atomic E-state index is 9.34. The molecule has 0 unspecified atom stereocenters. The topological polar surface area (TPSA) is 29.5 Å². The summed E-state index contributed by atoms with van der Waals surface area (Å²) in [4.78, 5) is 0. The van der Waals surface area contributed by atoms with Crippen LogP contribution >= 0.6 is 0 Å². The van der Waals surface area contributed by atoms with Crippen LogP contribution < -0.4 is 0 Å². The van der Waals surface area contributed by atoms with E-state index in [0.717, 1.165) is 19.3 Å². The lowest BCUT2D eigenvalue weighted by Gasteiger charge is -2.31.